The van der Waals surface area contributed by atoms with Gasteiger partial charge in [0.05, 0.1) is 24.4 Å². The Balaban J connectivity index is 1.70. The number of aromatic nitrogens is 4. The summed E-state index contributed by atoms with van der Waals surface area (Å²) in [6, 6.07) is 4.24. The number of H-pyrrole nitrogens is 1. The Bertz CT molecular complexity index is 859. The minimum absolute atomic E-state index is 0.518. The molecule has 3 aromatic rings. The van der Waals surface area contributed by atoms with E-state index in [4.69, 9.17) is 4.74 Å². The third-order valence-electron chi connectivity index (χ3n) is 4.16. The summed E-state index contributed by atoms with van der Waals surface area (Å²) < 4.78 is 5.53. The minimum atomic E-state index is 0.518. The van der Waals surface area contributed by atoms with E-state index < -0.39 is 0 Å². The molecule has 0 unspecified atom stereocenters. The van der Waals surface area contributed by atoms with Gasteiger partial charge in [0, 0.05) is 19.3 Å². The van der Waals surface area contributed by atoms with Crippen molar-refractivity contribution >= 4 is 22.7 Å². The van der Waals surface area contributed by atoms with E-state index in [0.717, 1.165) is 36.3 Å². The maximum absolute atomic E-state index is 5.53. The average Bonchev–Trinajstić information content (AvgIpc) is 3.02. The van der Waals surface area contributed by atoms with Gasteiger partial charge in [0.25, 0.3) is 0 Å². The molecule has 0 amide bonds. The highest BCUT2D eigenvalue weighted by Crippen LogP contribution is 2.32. The highest BCUT2D eigenvalue weighted by atomic mass is 16.5. The average molecular weight is 310 g/mol. The third-order valence-corrected chi connectivity index (χ3v) is 4.16. The normalized spacial score (nSPS) is 14.7. The molecule has 4 rings (SSSR count). The van der Waals surface area contributed by atoms with Gasteiger partial charge in [0.2, 0.25) is 5.95 Å². The Hall–Kier alpha value is -2.67. The molecular formula is C16H18N6O. The number of aromatic amines is 1. The van der Waals surface area contributed by atoms with Gasteiger partial charge in [0.1, 0.15) is 5.75 Å². The van der Waals surface area contributed by atoms with Crippen molar-refractivity contribution in [3.8, 4) is 5.75 Å². The largest absolute Gasteiger partial charge is 0.495 e. The number of fused-ring (bicyclic) bond motifs is 2. The summed E-state index contributed by atoms with van der Waals surface area (Å²) >= 11 is 0. The molecule has 118 valence electrons. The molecule has 0 saturated heterocycles. The Kier molecular flexibility index (Phi) is 3.34. The molecule has 1 aliphatic heterocycles. The van der Waals surface area contributed by atoms with Crippen LogP contribution in [0.1, 0.15) is 11.1 Å². The first-order valence-electron chi connectivity index (χ1n) is 7.54. The number of hydrogen-bond donors (Lipinski definition) is 2. The van der Waals surface area contributed by atoms with Crippen LogP contribution in [0.2, 0.25) is 0 Å². The molecule has 0 bridgehead atoms. The van der Waals surface area contributed by atoms with Gasteiger partial charge in [0.15, 0.2) is 5.65 Å². The Morgan fingerprint density at radius 3 is 3.04 bits per heavy atom. The summed E-state index contributed by atoms with van der Waals surface area (Å²) in [6.07, 6.45) is 4.49. The van der Waals surface area contributed by atoms with Gasteiger partial charge in [-0.2, -0.15) is 10.1 Å². The van der Waals surface area contributed by atoms with E-state index in [9.17, 15) is 0 Å². The number of nitrogens with zero attached hydrogens (tertiary/aromatic N) is 4. The first-order valence-corrected chi connectivity index (χ1v) is 7.54. The lowest BCUT2D eigenvalue weighted by molar-refractivity contribution is 0.312. The number of nitrogens with one attached hydrogen (secondary N) is 2. The summed E-state index contributed by atoms with van der Waals surface area (Å²) in [6.45, 7) is 2.01. The Morgan fingerprint density at radius 2 is 2.17 bits per heavy atom. The van der Waals surface area contributed by atoms with Crippen LogP contribution >= 0.6 is 0 Å². The molecule has 2 N–H and O–H groups in total. The highest BCUT2D eigenvalue weighted by Gasteiger charge is 2.17. The Labute approximate surface area is 133 Å². The fourth-order valence-corrected chi connectivity index (χ4v) is 2.91. The van der Waals surface area contributed by atoms with E-state index >= 15 is 0 Å². The predicted octanol–water partition coefficient (Wildman–Crippen LogP) is 2.09. The monoisotopic (exact) mass is 310 g/mol. The number of rotatable bonds is 3. The van der Waals surface area contributed by atoms with E-state index in [1.165, 1.54) is 11.1 Å². The molecule has 0 radical (unpaired) electrons. The van der Waals surface area contributed by atoms with Crippen LogP contribution in [0.25, 0.3) is 11.0 Å². The lowest BCUT2D eigenvalue weighted by atomic mass is 9.99. The van der Waals surface area contributed by atoms with Crippen LogP contribution in [-0.2, 0) is 13.0 Å². The van der Waals surface area contributed by atoms with Gasteiger partial charge in [-0.15, -0.1) is 0 Å². The van der Waals surface area contributed by atoms with E-state index in [2.05, 4.69) is 49.6 Å². The van der Waals surface area contributed by atoms with Crippen molar-refractivity contribution in [3.63, 3.8) is 0 Å². The smallest absolute Gasteiger partial charge is 0.229 e. The second kappa shape index (κ2) is 5.51. The third kappa shape index (κ3) is 2.59. The van der Waals surface area contributed by atoms with Crippen molar-refractivity contribution in [2.45, 2.75) is 13.0 Å². The van der Waals surface area contributed by atoms with Crippen molar-refractivity contribution in [1.29, 1.82) is 0 Å². The van der Waals surface area contributed by atoms with Crippen molar-refractivity contribution in [2.24, 2.45) is 0 Å². The molecule has 23 heavy (non-hydrogen) atoms. The van der Waals surface area contributed by atoms with Gasteiger partial charge in [-0.25, -0.2) is 4.98 Å². The summed E-state index contributed by atoms with van der Waals surface area (Å²) in [4.78, 5) is 11.1. The van der Waals surface area contributed by atoms with Crippen LogP contribution in [0.15, 0.2) is 24.5 Å². The highest BCUT2D eigenvalue weighted by molar-refractivity contribution is 5.75. The lowest BCUT2D eigenvalue weighted by Crippen LogP contribution is -2.26. The van der Waals surface area contributed by atoms with Crippen molar-refractivity contribution < 1.29 is 4.74 Å². The molecule has 0 saturated carbocycles. The SMILES string of the molecule is COc1cc2c(cc1Nc1ncc3cn[nH]c3n1)CN(C)CC2. The molecular weight excluding hydrogens is 292 g/mol. The first-order chi connectivity index (χ1) is 11.2. The van der Waals surface area contributed by atoms with Crippen LogP contribution in [0.5, 0.6) is 5.75 Å². The van der Waals surface area contributed by atoms with Crippen molar-refractivity contribution in [1.82, 2.24) is 25.1 Å². The van der Waals surface area contributed by atoms with Crippen LogP contribution < -0.4 is 10.1 Å². The molecule has 7 nitrogen and oxygen atoms in total. The quantitative estimate of drug-likeness (QED) is 0.771. The molecule has 0 atom stereocenters. The van der Waals surface area contributed by atoms with Gasteiger partial charge in [-0.3, -0.25) is 5.10 Å². The predicted molar refractivity (Wildman–Crippen MR) is 88.0 cm³/mol. The second-order valence-electron chi connectivity index (χ2n) is 5.80. The zero-order chi connectivity index (χ0) is 15.8. The van der Waals surface area contributed by atoms with E-state index in [0.29, 0.717) is 11.6 Å². The summed E-state index contributed by atoms with van der Waals surface area (Å²) in [5.41, 5.74) is 4.24. The number of methoxy groups -OCH3 is 1. The summed E-state index contributed by atoms with van der Waals surface area (Å²) in [5, 5.41) is 11.0. The molecule has 0 aliphatic carbocycles. The summed E-state index contributed by atoms with van der Waals surface area (Å²) in [5.74, 6) is 1.32. The van der Waals surface area contributed by atoms with E-state index in [1.54, 1.807) is 19.5 Å². The fraction of sp³-hybridized carbons (Fsp3) is 0.312. The number of benzene rings is 1. The van der Waals surface area contributed by atoms with E-state index in [1.807, 2.05) is 0 Å². The standard InChI is InChI=1S/C16H18N6O/c1-22-4-3-10-6-14(23-2)13(5-11(10)9-22)19-16-17-7-12-8-18-21-15(12)20-16/h5-8H,3-4,9H2,1-2H3,(H2,17,18,19,20,21). The van der Waals surface area contributed by atoms with Crippen molar-refractivity contribution in [3.05, 3.63) is 35.7 Å². The van der Waals surface area contributed by atoms with Crippen molar-refractivity contribution in [2.75, 3.05) is 26.0 Å². The molecule has 2 aromatic heterocycles. The van der Waals surface area contributed by atoms with Crippen LogP contribution in [0.4, 0.5) is 11.6 Å². The zero-order valence-corrected chi connectivity index (χ0v) is 13.1. The molecule has 1 aliphatic rings. The maximum Gasteiger partial charge on any atom is 0.229 e. The van der Waals surface area contributed by atoms with Crippen LogP contribution in [-0.4, -0.2) is 45.8 Å². The van der Waals surface area contributed by atoms with E-state index in [-0.39, 0.29) is 0 Å². The fourth-order valence-electron chi connectivity index (χ4n) is 2.91. The van der Waals surface area contributed by atoms with Crippen LogP contribution in [0, 0.1) is 0 Å². The maximum atomic E-state index is 5.53. The number of likely N-dealkylation sites (N-methyl/N-ethyl adjacent to an activating group) is 1. The Morgan fingerprint density at radius 1 is 1.26 bits per heavy atom. The minimum Gasteiger partial charge on any atom is -0.495 e. The topological polar surface area (TPSA) is 79.0 Å². The molecule has 3 heterocycles. The van der Waals surface area contributed by atoms with Gasteiger partial charge < -0.3 is 15.0 Å². The molecule has 7 heteroatoms. The van der Waals surface area contributed by atoms with Crippen LogP contribution in [0.3, 0.4) is 0 Å². The summed E-state index contributed by atoms with van der Waals surface area (Å²) in [7, 11) is 3.82. The zero-order valence-electron chi connectivity index (χ0n) is 13.1. The lowest BCUT2D eigenvalue weighted by Gasteiger charge is -2.26. The number of anilines is 2. The molecule has 0 spiro atoms. The first kappa shape index (κ1) is 14.0. The molecule has 1 aromatic carbocycles. The number of ether oxygens (including phenoxy) is 1. The number of hydrogen-bond acceptors (Lipinski definition) is 6. The molecule has 0 fully saturated rings. The second-order valence-corrected chi connectivity index (χ2v) is 5.80. The van der Waals surface area contributed by atoms with Gasteiger partial charge in [-0.05, 0) is 36.7 Å². The van der Waals surface area contributed by atoms with Gasteiger partial charge in [-0.1, -0.05) is 0 Å². The van der Waals surface area contributed by atoms with Gasteiger partial charge >= 0.3 is 0 Å².